The molecule has 1 atom stereocenters. The second-order valence-corrected chi connectivity index (χ2v) is 10.1. The topological polar surface area (TPSA) is 102 Å². The van der Waals surface area contributed by atoms with Gasteiger partial charge in [0, 0.05) is 38.3 Å². The van der Waals surface area contributed by atoms with Gasteiger partial charge < -0.3 is 19.7 Å². The SMILES string of the molecule is COc1cc(N2CCC[C@@H](NC(=O)OC(C)(C)C)C2)c2c(c1)n(C)c(=O)n2Cc1ccccc1C#N. The molecule has 2 heterocycles. The van der Waals surface area contributed by atoms with Crippen LogP contribution in [0.3, 0.4) is 0 Å². The fraction of sp³-hybridized carbons (Fsp3) is 0.444. The lowest BCUT2D eigenvalue weighted by molar-refractivity contribution is 0.0500. The van der Waals surface area contributed by atoms with Gasteiger partial charge in [0.25, 0.3) is 0 Å². The number of benzene rings is 2. The van der Waals surface area contributed by atoms with E-state index in [1.165, 1.54) is 0 Å². The summed E-state index contributed by atoms with van der Waals surface area (Å²) in [4.78, 5) is 28.0. The van der Waals surface area contributed by atoms with Crippen LogP contribution in [0.5, 0.6) is 5.75 Å². The van der Waals surface area contributed by atoms with Crippen molar-refractivity contribution in [2.75, 3.05) is 25.1 Å². The molecule has 2 aromatic carbocycles. The van der Waals surface area contributed by atoms with E-state index < -0.39 is 11.7 Å². The number of aryl methyl sites for hydroxylation is 1. The van der Waals surface area contributed by atoms with Crippen molar-refractivity contribution in [1.29, 1.82) is 5.26 Å². The number of amides is 1. The van der Waals surface area contributed by atoms with Gasteiger partial charge in [0.15, 0.2) is 0 Å². The van der Waals surface area contributed by atoms with E-state index in [4.69, 9.17) is 9.47 Å². The minimum Gasteiger partial charge on any atom is -0.497 e. The van der Waals surface area contributed by atoms with Gasteiger partial charge in [-0.15, -0.1) is 0 Å². The van der Waals surface area contributed by atoms with Gasteiger partial charge in [-0.05, 0) is 45.2 Å². The van der Waals surface area contributed by atoms with Crippen molar-refractivity contribution in [3.63, 3.8) is 0 Å². The van der Waals surface area contributed by atoms with Gasteiger partial charge in [0.05, 0.1) is 42.0 Å². The molecule has 1 N–H and O–H groups in total. The van der Waals surface area contributed by atoms with Crippen molar-refractivity contribution in [3.05, 3.63) is 58.0 Å². The molecule has 1 fully saturated rings. The van der Waals surface area contributed by atoms with Crippen molar-refractivity contribution in [2.45, 2.75) is 51.8 Å². The van der Waals surface area contributed by atoms with Crippen molar-refractivity contribution in [1.82, 2.24) is 14.5 Å². The van der Waals surface area contributed by atoms with Crippen LogP contribution in [0.1, 0.15) is 44.7 Å². The van der Waals surface area contributed by atoms with Crippen LogP contribution < -0.4 is 20.6 Å². The van der Waals surface area contributed by atoms with Gasteiger partial charge in [0.1, 0.15) is 11.4 Å². The van der Waals surface area contributed by atoms with Crippen LogP contribution in [-0.2, 0) is 18.3 Å². The lowest BCUT2D eigenvalue weighted by atomic mass is 10.0. The first-order chi connectivity index (χ1) is 17.1. The smallest absolute Gasteiger partial charge is 0.407 e. The third-order valence-corrected chi connectivity index (χ3v) is 6.38. The Balaban J connectivity index is 1.75. The van der Waals surface area contributed by atoms with E-state index in [9.17, 15) is 14.9 Å². The lowest BCUT2D eigenvalue weighted by Gasteiger charge is -2.35. The van der Waals surface area contributed by atoms with E-state index in [1.54, 1.807) is 29.4 Å². The summed E-state index contributed by atoms with van der Waals surface area (Å²) < 4.78 is 14.3. The number of imidazole rings is 1. The monoisotopic (exact) mass is 491 g/mol. The highest BCUT2D eigenvalue weighted by Crippen LogP contribution is 2.34. The highest BCUT2D eigenvalue weighted by atomic mass is 16.6. The molecule has 0 radical (unpaired) electrons. The number of alkyl carbamates (subject to hydrolysis) is 1. The quantitative estimate of drug-likeness (QED) is 0.583. The maximum Gasteiger partial charge on any atom is 0.407 e. The summed E-state index contributed by atoms with van der Waals surface area (Å²) in [6.45, 7) is 7.13. The summed E-state index contributed by atoms with van der Waals surface area (Å²) >= 11 is 0. The number of fused-ring (bicyclic) bond motifs is 1. The molecule has 0 saturated carbocycles. The maximum atomic E-state index is 13.4. The number of carbonyl (C=O) groups is 1. The average Bonchev–Trinajstić information content (AvgIpc) is 3.07. The number of methoxy groups -OCH3 is 1. The fourth-order valence-electron chi connectivity index (χ4n) is 4.72. The molecule has 0 spiro atoms. The van der Waals surface area contributed by atoms with Gasteiger partial charge in [-0.2, -0.15) is 5.26 Å². The maximum absolute atomic E-state index is 13.4. The molecule has 1 aliphatic heterocycles. The summed E-state index contributed by atoms with van der Waals surface area (Å²) in [6.07, 6.45) is 1.27. The molecule has 1 aliphatic rings. The number of nitrogens with one attached hydrogen (secondary N) is 1. The zero-order chi connectivity index (χ0) is 26.0. The fourth-order valence-corrected chi connectivity index (χ4v) is 4.72. The zero-order valence-corrected chi connectivity index (χ0v) is 21.5. The summed E-state index contributed by atoms with van der Waals surface area (Å²) in [5.74, 6) is 0.643. The van der Waals surface area contributed by atoms with Gasteiger partial charge in [-0.25, -0.2) is 9.59 Å². The molecule has 1 saturated heterocycles. The molecule has 4 rings (SSSR count). The summed E-state index contributed by atoms with van der Waals surface area (Å²) in [6, 6.07) is 13.2. The first-order valence-electron chi connectivity index (χ1n) is 12.1. The van der Waals surface area contributed by atoms with Crippen molar-refractivity contribution in [3.8, 4) is 11.8 Å². The largest absolute Gasteiger partial charge is 0.497 e. The van der Waals surface area contributed by atoms with E-state index in [0.717, 1.165) is 41.7 Å². The van der Waals surface area contributed by atoms with E-state index >= 15 is 0 Å². The van der Waals surface area contributed by atoms with Crippen LogP contribution >= 0.6 is 0 Å². The first kappa shape index (κ1) is 25.2. The summed E-state index contributed by atoms with van der Waals surface area (Å²) in [5.41, 5.74) is 2.94. The summed E-state index contributed by atoms with van der Waals surface area (Å²) in [5, 5.41) is 12.6. The molecular weight excluding hydrogens is 458 g/mol. The van der Waals surface area contributed by atoms with E-state index in [-0.39, 0.29) is 18.3 Å². The minimum atomic E-state index is -0.572. The number of piperidine rings is 1. The predicted octanol–water partition coefficient (Wildman–Crippen LogP) is 3.76. The minimum absolute atomic E-state index is 0.0990. The molecule has 9 heteroatoms. The number of aromatic nitrogens is 2. The third kappa shape index (κ3) is 5.18. The Morgan fingerprint density at radius 1 is 1.25 bits per heavy atom. The standard InChI is InChI=1S/C27H33N5O4/c1-27(2,3)36-25(33)29-20-11-8-12-31(17-20)23-14-21(35-5)13-22-24(23)32(26(34)30(22)4)16-19-10-7-6-9-18(19)15-28/h6-7,9-10,13-14,20H,8,11-12,16-17H2,1-5H3,(H,29,33)/t20-/m1/s1. The Kier molecular flexibility index (Phi) is 6.97. The number of hydrogen-bond acceptors (Lipinski definition) is 6. The van der Waals surface area contributed by atoms with E-state index in [2.05, 4.69) is 16.3 Å². The zero-order valence-electron chi connectivity index (χ0n) is 21.5. The van der Waals surface area contributed by atoms with Crippen molar-refractivity contribution >= 4 is 22.8 Å². The number of rotatable bonds is 5. The second kappa shape index (κ2) is 9.97. The van der Waals surface area contributed by atoms with Crippen molar-refractivity contribution in [2.24, 2.45) is 7.05 Å². The Hall–Kier alpha value is -3.93. The van der Waals surface area contributed by atoms with Crippen LogP contribution in [0.25, 0.3) is 11.0 Å². The Morgan fingerprint density at radius 2 is 2.00 bits per heavy atom. The Bertz CT molecular complexity index is 1380. The first-order valence-corrected chi connectivity index (χ1v) is 12.1. The number of nitriles is 1. The van der Waals surface area contributed by atoms with E-state index in [0.29, 0.717) is 17.9 Å². The number of carbonyl (C=O) groups excluding carboxylic acids is 1. The molecule has 9 nitrogen and oxygen atoms in total. The summed E-state index contributed by atoms with van der Waals surface area (Å²) in [7, 11) is 3.34. The molecule has 3 aromatic rings. The lowest BCUT2D eigenvalue weighted by Crippen LogP contribution is -2.49. The molecule has 36 heavy (non-hydrogen) atoms. The normalized spacial score (nSPS) is 16.0. The predicted molar refractivity (Wildman–Crippen MR) is 139 cm³/mol. The Morgan fingerprint density at radius 3 is 2.69 bits per heavy atom. The Labute approximate surface area is 210 Å². The number of ether oxygens (including phenoxy) is 2. The van der Waals surface area contributed by atoms with Gasteiger partial charge in [-0.1, -0.05) is 18.2 Å². The van der Waals surface area contributed by atoms with Gasteiger partial charge in [-0.3, -0.25) is 9.13 Å². The highest BCUT2D eigenvalue weighted by molar-refractivity contribution is 5.91. The van der Waals surface area contributed by atoms with Crippen LogP contribution in [0.4, 0.5) is 10.5 Å². The number of hydrogen-bond donors (Lipinski definition) is 1. The number of anilines is 1. The second-order valence-electron chi connectivity index (χ2n) is 10.1. The third-order valence-electron chi connectivity index (χ3n) is 6.38. The molecule has 0 aliphatic carbocycles. The number of nitrogens with zero attached hydrogens (tertiary/aromatic N) is 4. The molecular formula is C27H33N5O4. The van der Waals surface area contributed by atoms with E-state index in [1.807, 2.05) is 51.1 Å². The van der Waals surface area contributed by atoms with Crippen LogP contribution in [0.15, 0.2) is 41.2 Å². The van der Waals surface area contributed by atoms with Crippen LogP contribution in [-0.4, -0.2) is 47.1 Å². The highest BCUT2D eigenvalue weighted by Gasteiger charge is 2.27. The van der Waals surface area contributed by atoms with Crippen LogP contribution in [0.2, 0.25) is 0 Å². The molecule has 1 aromatic heterocycles. The molecule has 0 bridgehead atoms. The molecule has 190 valence electrons. The van der Waals surface area contributed by atoms with Crippen LogP contribution in [0, 0.1) is 11.3 Å². The molecule has 0 unspecified atom stereocenters. The van der Waals surface area contributed by atoms with Gasteiger partial charge in [0.2, 0.25) is 0 Å². The molecule has 1 amide bonds. The van der Waals surface area contributed by atoms with Gasteiger partial charge >= 0.3 is 11.8 Å². The average molecular weight is 492 g/mol. The van der Waals surface area contributed by atoms with Crippen molar-refractivity contribution < 1.29 is 14.3 Å².